The fraction of sp³-hybridized carbons (Fsp3) is 0.714. The summed E-state index contributed by atoms with van der Waals surface area (Å²) in [7, 11) is 0. The standard InChI is InChI=1S/C21H32N2O4S/c1-15-13-19(21(25)27-18-5-8-22-9-6-18)28-20(15)17-7-11-23(14-17)10-3-4-12-26-16(2)24/h13,17-18,22H,3-12,14H2,1-2H3. The van der Waals surface area contributed by atoms with E-state index in [2.05, 4.69) is 17.1 Å². The van der Waals surface area contributed by atoms with Gasteiger partial charge < -0.3 is 19.7 Å². The molecule has 1 unspecified atom stereocenters. The molecule has 6 nitrogen and oxygen atoms in total. The summed E-state index contributed by atoms with van der Waals surface area (Å²) in [6.45, 7) is 9.07. The Morgan fingerprint density at radius 1 is 1.25 bits per heavy atom. The second-order valence-corrected chi connectivity index (χ2v) is 8.93. The van der Waals surface area contributed by atoms with Crippen LogP contribution in [0, 0.1) is 6.92 Å². The van der Waals surface area contributed by atoms with Gasteiger partial charge in [0.05, 0.1) is 6.61 Å². The van der Waals surface area contributed by atoms with Crippen LogP contribution in [0.5, 0.6) is 0 Å². The largest absolute Gasteiger partial charge is 0.466 e. The summed E-state index contributed by atoms with van der Waals surface area (Å²) in [6, 6.07) is 2.01. The minimum absolute atomic E-state index is 0.0496. The molecule has 2 fully saturated rings. The van der Waals surface area contributed by atoms with E-state index < -0.39 is 0 Å². The van der Waals surface area contributed by atoms with Gasteiger partial charge in [-0.1, -0.05) is 0 Å². The van der Waals surface area contributed by atoms with E-state index in [-0.39, 0.29) is 18.0 Å². The predicted octanol–water partition coefficient (Wildman–Crippen LogP) is 3.10. The van der Waals surface area contributed by atoms with Crippen molar-refractivity contribution in [2.75, 3.05) is 39.3 Å². The van der Waals surface area contributed by atoms with E-state index in [9.17, 15) is 9.59 Å². The van der Waals surface area contributed by atoms with Gasteiger partial charge in [0.1, 0.15) is 11.0 Å². The molecule has 1 aromatic rings. The SMILES string of the molecule is CC(=O)OCCCCN1CCC(c2sc(C(=O)OC3CCNCC3)cc2C)C1. The Morgan fingerprint density at radius 3 is 2.79 bits per heavy atom. The van der Waals surface area contributed by atoms with Crippen LogP contribution in [0.3, 0.4) is 0 Å². The fourth-order valence-electron chi connectivity index (χ4n) is 4.03. The van der Waals surface area contributed by atoms with Crippen LogP contribution in [0.25, 0.3) is 0 Å². The summed E-state index contributed by atoms with van der Waals surface area (Å²) in [4.78, 5) is 27.9. The minimum atomic E-state index is -0.205. The summed E-state index contributed by atoms with van der Waals surface area (Å²) in [5, 5.41) is 3.29. The minimum Gasteiger partial charge on any atom is -0.466 e. The summed E-state index contributed by atoms with van der Waals surface area (Å²) in [6.07, 6.45) is 4.93. The van der Waals surface area contributed by atoms with Crippen molar-refractivity contribution in [2.45, 2.75) is 58.0 Å². The molecule has 0 aliphatic carbocycles. The van der Waals surface area contributed by atoms with Crippen LogP contribution in [0.4, 0.5) is 0 Å². The third-order valence-corrected chi connectivity index (χ3v) is 6.91. The Balaban J connectivity index is 1.46. The Hall–Kier alpha value is -1.44. The molecule has 0 aromatic carbocycles. The van der Waals surface area contributed by atoms with Crippen LogP contribution in [0.1, 0.15) is 65.1 Å². The predicted molar refractivity (Wildman–Crippen MR) is 110 cm³/mol. The van der Waals surface area contributed by atoms with Crippen LogP contribution in [0.15, 0.2) is 6.07 Å². The van der Waals surface area contributed by atoms with E-state index in [0.29, 0.717) is 12.5 Å². The number of thiophene rings is 1. The van der Waals surface area contributed by atoms with Crippen LogP contribution in [0.2, 0.25) is 0 Å². The second-order valence-electron chi connectivity index (χ2n) is 7.85. The first-order chi connectivity index (χ1) is 13.5. The van der Waals surface area contributed by atoms with Crippen molar-refractivity contribution in [3.05, 3.63) is 21.4 Å². The van der Waals surface area contributed by atoms with Gasteiger partial charge in [-0.15, -0.1) is 11.3 Å². The topological polar surface area (TPSA) is 67.9 Å². The zero-order chi connectivity index (χ0) is 19.9. The van der Waals surface area contributed by atoms with Gasteiger partial charge in [-0.05, 0) is 76.8 Å². The average Bonchev–Trinajstić information content (AvgIpc) is 3.28. The molecule has 1 atom stereocenters. The number of likely N-dealkylation sites (tertiary alicyclic amines) is 1. The molecular formula is C21H32N2O4S. The molecule has 7 heteroatoms. The van der Waals surface area contributed by atoms with Gasteiger partial charge in [0, 0.05) is 24.3 Å². The van der Waals surface area contributed by atoms with Crippen LogP contribution < -0.4 is 5.32 Å². The van der Waals surface area contributed by atoms with E-state index >= 15 is 0 Å². The Kier molecular flexibility index (Phi) is 7.88. The highest BCUT2D eigenvalue weighted by molar-refractivity contribution is 7.14. The monoisotopic (exact) mass is 408 g/mol. The molecule has 0 bridgehead atoms. The van der Waals surface area contributed by atoms with Crippen molar-refractivity contribution < 1.29 is 19.1 Å². The van der Waals surface area contributed by atoms with E-state index in [1.807, 2.05) is 6.07 Å². The molecule has 0 spiro atoms. The molecule has 3 rings (SSSR count). The Labute approximate surface area is 171 Å². The number of hydrogen-bond donors (Lipinski definition) is 1. The number of piperidine rings is 1. The number of aryl methyl sites for hydroxylation is 1. The summed E-state index contributed by atoms with van der Waals surface area (Å²) < 4.78 is 10.7. The van der Waals surface area contributed by atoms with Crippen molar-refractivity contribution in [3.63, 3.8) is 0 Å². The number of ether oxygens (including phenoxy) is 2. The maximum Gasteiger partial charge on any atom is 0.348 e. The molecule has 0 saturated carbocycles. The third kappa shape index (κ3) is 6.03. The molecule has 0 radical (unpaired) electrons. The number of esters is 2. The first-order valence-electron chi connectivity index (χ1n) is 10.4. The number of carbonyl (C=O) groups excluding carboxylic acids is 2. The van der Waals surface area contributed by atoms with Crippen LogP contribution >= 0.6 is 11.3 Å². The number of unbranched alkanes of at least 4 members (excludes halogenated alkanes) is 1. The average molecular weight is 409 g/mol. The van der Waals surface area contributed by atoms with Crippen molar-refractivity contribution >= 4 is 23.3 Å². The number of hydrogen-bond acceptors (Lipinski definition) is 7. The molecule has 2 aliphatic rings. The lowest BCUT2D eigenvalue weighted by Crippen LogP contribution is -2.33. The first kappa shape index (κ1) is 21.3. The van der Waals surface area contributed by atoms with Gasteiger partial charge in [-0.3, -0.25) is 4.79 Å². The lowest BCUT2D eigenvalue weighted by atomic mass is 10.0. The first-order valence-corrected chi connectivity index (χ1v) is 11.2. The van der Waals surface area contributed by atoms with Gasteiger partial charge >= 0.3 is 11.9 Å². The van der Waals surface area contributed by atoms with Crippen molar-refractivity contribution in [1.29, 1.82) is 0 Å². The van der Waals surface area contributed by atoms with E-state index in [1.54, 1.807) is 11.3 Å². The zero-order valence-electron chi connectivity index (χ0n) is 17.0. The van der Waals surface area contributed by atoms with Crippen molar-refractivity contribution in [3.8, 4) is 0 Å². The molecule has 0 amide bonds. The van der Waals surface area contributed by atoms with Gasteiger partial charge in [-0.25, -0.2) is 4.79 Å². The third-order valence-electron chi connectivity index (χ3n) is 5.53. The van der Waals surface area contributed by atoms with Crippen LogP contribution in [-0.4, -0.2) is 62.3 Å². The lowest BCUT2D eigenvalue weighted by Gasteiger charge is -2.22. The van der Waals surface area contributed by atoms with Gasteiger partial charge in [0.15, 0.2) is 0 Å². The van der Waals surface area contributed by atoms with E-state index in [4.69, 9.17) is 9.47 Å². The quantitative estimate of drug-likeness (QED) is 0.527. The molecule has 28 heavy (non-hydrogen) atoms. The summed E-state index contributed by atoms with van der Waals surface area (Å²) in [5.74, 6) is 0.134. The summed E-state index contributed by atoms with van der Waals surface area (Å²) in [5.41, 5.74) is 1.21. The van der Waals surface area contributed by atoms with Gasteiger partial charge in [0.25, 0.3) is 0 Å². The van der Waals surface area contributed by atoms with Gasteiger partial charge in [0.2, 0.25) is 0 Å². The fourth-order valence-corrected chi connectivity index (χ4v) is 5.21. The van der Waals surface area contributed by atoms with Crippen molar-refractivity contribution in [2.24, 2.45) is 0 Å². The van der Waals surface area contributed by atoms with E-state index in [0.717, 1.165) is 69.7 Å². The number of nitrogens with one attached hydrogen (secondary N) is 1. The van der Waals surface area contributed by atoms with Gasteiger partial charge in [-0.2, -0.15) is 0 Å². The molecule has 156 valence electrons. The van der Waals surface area contributed by atoms with Crippen molar-refractivity contribution in [1.82, 2.24) is 10.2 Å². The number of nitrogens with zero attached hydrogens (tertiary/aromatic N) is 1. The maximum atomic E-state index is 12.5. The molecule has 1 N–H and O–H groups in total. The van der Waals surface area contributed by atoms with Crippen LogP contribution in [-0.2, 0) is 14.3 Å². The summed E-state index contributed by atoms with van der Waals surface area (Å²) >= 11 is 1.62. The second kappa shape index (κ2) is 10.4. The highest BCUT2D eigenvalue weighted by Gasteiger charge is 2.28. The highest BCUT2D eigenvalue weighted by Crippen LogP contribution is 2.35. The smallest absolute Gasteiger partial charge is 0.348 e. The Morgan fingerprint density at radius 2 is 2.04 bits per heavy atom. The number of rotatable bonds is 8. The molecule has 3 heterocycles. The highest BCUT2D eigenvalue weighted by atomic mass is 32.1. The molecular weight excluding hydrogens is 376 g/mol. The zero-order valence-corrected chi connectivity index (χ0v) is 17.8. The molecule has 2 aliphatic heterocycles. The molecule has 2 saturated heterocycles. The van der Waals surface area contributed by atoms with E-state index in [1.165, 1.54) is 17.4 Å². The maximum absolute atomic E-state index is 12.5. The number of carbonyl (C=O) groups is 2. The molecule has 1 aromatic heterocycles. The Bertz CT molecular complexity index is 669. The lowest BCUT2D eigenvalue weighted by molar-refractivity contribution is -0.141. The normalized spacial score (nSPS) is 21.0.